The van der Waals surface area contributed by atoms with Gasteiger partial charge >= 0.3 is 0 Å². The third kappa shape index (κ3) is 4.60. The highest BCUT2D eigenvalue weighted by Crippen LogP contribution is 2.24. The minimum atomic E-state index is 0. The summed E-state index contributed by atoms with van der Waals surface area (Å²) >= 11 is 0. The largest absolute Gasteiger partial charge is 0.375 e. The minimum absolute atomic E-state index is 0. The summed E-state index contributed by atoms with van der Waals surface area (Å²) < 4.78 is 7.47. The third-order valence-electron chi connectivity index (χ3n) is 5.09. The number of fused-ring (bicyclic) bond motifs is 1. The molecule has 0 aromatic carbocycles. The Morgan fingerprint density at radius 2 is 2.26 bits per heavy atom. The predicted molar refractivity (Wildman–Crippen MR) is 115 cm³/mol. The number of hydrogen-bond donors (Lipinski definition) is 1. The first-order valence-electron chi connectivity index (χ1n) is 9.26. The van der Waals surface area contributed by atoms with Crippen LogP contribution in [0.25, 0.3) is 5.65 Å². The summed E-state index contributed by atoms with van der Waals surface area (Å²) in [6.07, 6.45) is 7.85. The zero-order chi connectivity index (χ0) is 17.9. The molecule has 4 heterocycles. The van der Waals surface area contributed by atoms with Crippen molar-refractivity contribution >= 4 is 41.4 Å². The van der Waals surface area contributed by atoms with Crippen LogP contribution in [0.15, 0.2) is 23.7 Å². The molecule has 2 N–H and O–H groups in total. The van der Waals surface area contributed by atoms with Gasteiger partial charge in [-0.2, -0.15) is 0 Å². The Labute approximate surface area is 176 Å². The summed E-state index contributed by atoms with van der Waals surface area (Å²) in [6, 6.07) is 0. The molecule has 2 saturated heterocycles. The van der Waals surface area contributed by atoms with Crippen LogP contribution < -0.4 is 10.6 Å². The van der Waals surface area contributed by atoms with Gasteiger partial charge in [0.2, 0.25) is 5.65 Å². The van der Waals surface area contributed by atoms with E-state index < -0.39 is 0 Å². The number of halogens is 1. The molecule has 0 spiro atoms. The topological polar surface area (TPSA) is 97.2 Å². The quantitative estimate of drug-likeness (QED) is 0.393. The number of nitrogens with two attached hydrogens (primary N) is 1. The molecule has 0 radical (unpaired) electrons. The lowest BCUT2D eigenvalue weighted by molar-refractivity contribution is 0.00527. The number of aliphatic imine (C=N–C) groups is 1. The second-order valence-electron chi connectivity index (χ2n) is 7.09. The van der Waals surface area contributed by atoms with Gasteiger partial charge in [0.15, 0.2) is 11.8 Å². The Morgan fingerprint density at radius 3 is 3.11 bits per heavy atom. The van der Waals surface area contributed by atoms with E-state index in [9.17, 15) is 0 Å². The fourth-order valence-electron chi connectivity index (χ4n) is 3.72. The number of piperidine rings is 1. The van der Waals surface area contributed by atoms with Gasteiger partial charge in [0, 0.05) is 45.1 Å². The monoisotopic (exact) mass is 486 g/mol. The van der Waals surface area contributed by atoms with Crippen molar-refractivity contribution in [3.63, 3.8) is 0 Å². The molecule has 2 aromatic heterocycles. The van der Waals surface area contributed by atoms with Crippen molar-refractivity contribution < 1.29 is 4.74 Å². The second-order valence-corrected chi connectivity index (χ2v) is 7.09. The summed E-state index contributed by atoms with van der Waals surface area (Å²) in [5.41, 5.74) is 7.01. The predicted octanol–water partition coefficient (Wildman–Crippen LogP) is 0.994. The van der Waals surface area contributed by atoms with Crippen molar-refractivity contribution in [1.29, 1.82) is 0 Å². The Bertz CT molecular complexity index is 781. The normalized spacial score (nSPS) is 24.1. The molecule has 2 fully saturated rings. The fraction of sp³-hybridized carbons (Fsp3) is 0.647. The molecule has 2 unspecified atom stereocenters. The van der Waals surface area contributed by atoms with Gasteiger partial charge < -0.3 is 20.3 Å². The molecule has 0 amide bonds. The Kier molecular flexibility index (Phi) is 6.68. The second kappa shape index (κ2) is 9.00. The fourth-order valence-corrected chi connectivity index (χ4v) is 3.72. The SMILES string of the molecule is CC1CN(C(N)=NCC2CCCN(c3nccn4cnnc34)C2)CCO1.I. The average Bonchev–Trinajstić information content (AvgIpc) is 3.15. The summed E-state index contributed by atoms with van der Waals surface area (Å²) in [4.78, 5) is 13.6. The lowest BCUT2D eigenvalue weighted by atomic mass is 9.98. The van der Waals surface area contributed by atoms with E-state index in [1.165, 1.54) is 0 Å². The van der Waals surface area contributed by atoms with E-state index in [0.29, 0.717) is 18.5 Å². The molecule has 27 heavy (non-hydrogen) atoms. The van der Waals surface area contributed by atoms with Gasteiger partial charge in [-0.25, -0.2) is 4.98 Å². The van der Waals surface area contributed by atoms with Crippen molar-refractivity contribution in [3.05, 3.63) is 18.7 Å². The van der Waals surface area contributed by atoms with Gasteiger partial charge in [-0.05, 0) is 25.7 Å². The summed E-state index contributed by atoms with van der Waals surface area (Å²) in [5, 5.41) is 8.19. The van der Waals surface area contributed by atoms with E-state index in [1.54, 1.807) is 12.5 Å². The highest BCUT2D eigenvalue weighted by molar-refractivity contribution is 14.0. The lowest BCUT2D eigenvalue weighted by Gasteiger charge is -2.34. The summed E-state index contributed by atoms with van der Waals surface area (Å²) in [7, 11) is 0. The van der Waals surface area contributed by atoms with Crippen LogP contribution in [0.5, 0.6) is 0 Å². The van der Waals surface area contributed by atoms with Crippen molar-refractivity contribution in [2.24, 2.45) is 16.6 Å². The molecule has 0 aliphatic carbocycles. The van der Waals surface area contributed by atoms with Crippen LogP contribution in [-0.2, 0) is 4.74 Å². The summed E-state index contributed by atoms with van der Waals surface area (Å²) in [6.45, 7) is 7.04. The molecule has 2 aliphatic rings. The van der Waals surface area contributed by atoms with Crippen LogP contribution in [0.2, 0.25) is 0 Å². The van der Waals surface area contributed by atoms with Crippen LogP contribution in [0.4, 0.5) is 5.82 Å². The van der Waals surface area contributed by atoms with Crippen molar-refractivity contribution in [1.82, 2.24) is 24.5 Å². The maximum Gasteiger partial charge on any atom is 0.203 e. The molecular weight excluding hydrogens is 459 g/mol. The van der Waals surface area contributed by atoms with E-state index in [2.05, 4.69) is 36.9 Å². The number of guanidine groups is 1. The number of morpholine rings is 1. The van der Waals surface area contributed by atoms with Gasteiger partial charge in [0.05, 0.1) is 12.7 Å². The highest BCUT2D eigenvalue weighted by atomic mass is 127. The van der Waals surface area contributed by atoms with E-state index in [-0.39, 0.29) is 30.1 Å². The highest BCUT2D eigenvalue weighted by Gasteiger charge is 2.24. The summed E-state index contributed by atoms with van der Waals surface area (Å²) in [5.74, 6) is 1.99. The third-order valence-corrected chi connectivity index (χ3v) is 5.09. The molecule has 2 aromatic rings. The lowest BCUT2D eigenvalue weighted by Crippen LogP contribution is -2.48. The number of ether oxygens (including phenoxy) is 1. The first-order valence-corrected chi connectivity index (χ1v) is 9.26. The molecule has 0 bridgehead atoms. The Balaban J connectivity index is 0.00000210. The van der Waals surface area contributed by atoms with E-state index in [0.717, 1.165) is 57.0 Å². The van der Waals surface area contributed by atoms with Gasteiger partial charge in [0.25, 0.3) is 0 Å². The molecule has 0 saturated carbocycles. The van der Waals surface area contributed by atoms with Gasteiger partial charge in [-0.3, -0.25) is 9.39 Å². The van der Waals surface area contributed by atoms with E-state index >= 15 is 0 Å². The first-order chi connectivity index (χ1) is 12.7. The van der Waals surface area contributed by atoms with Gasteiger partial charge in [-0.1, -0.05) is 0 Å². The molecule has 148 valence electrons. The number of anilines is 1. The molecule has 4 rings (SSSR count). The molecule has 10 heteroatoms. The van der Waals surface area contributed by atoms with Gasteiger partial charge in [0.1, 0.15) is 6.33 Å². The van der Waals surface area contributed by atoms with E-state index in [4.69, 9.17) is 10.5 Å². The van der Waals surface area contributed by atoms with Crippen LogP contribution in [0, 0.1) is 5.92 Å². The Hall–Kier alpha value is -1.69. The van der Waals surface area contributed by atoms with E-state index in [1.807, 2.05) is 10.6 Å². The van der Waals surface area contributed by atoms with Crippen LogP contribution in [0.1, 0.15) is 19.8 Å². The van der Waals surface area contributed by atoms with Gasteiger partial charge in [-0.15, -0.1) is 34.2 Å². The van der Waals surface area contributed by atoms with Crippen LogP contribution in [-0.4, -0.2) is 75.9 Å². The zero-order valence-electron chi connectivity index (χ0n) is 15.6. The maximum absolute atomic E-state index is 6.21. The molecular formula is C17H27IN8O. The molecule has 2 aliphatic heterocycles. The molecule has 9 nitrogen and oxygen atoms in total. The van der Waals surface area contributed by atoms with Crippen LogP contribution in [0.3, 0.4) is 0 Å². The number of nitrogens with zero attached hydrogens (tertiary/aromatic N) is 7. The minimum Gasteiger partial charge on any atom is -0.375 e. The number of aromatic nitrogens is 4. The van der Waals surface area contributed by atoms with Crippen molar-refractivity contribution in [3.8, 4) is 0 Å². The van der Waals surface area contributed by atoms with Crippen LogP contribution >= 0.6 is 24.0 Å². The number of hydrogen-bond acceptors (Lipinski definition) is 6. The average molecular weight is 486 g/mol. The zero-order valence-corrected chi connectivity index (χ0v) is 17.9. The number of rotatable bonds is 3. The first kappa shape index (κ1) is 20.1. The van der Waals surface area contributed by atoms with Crippen molar-refractivity contribution in [2.45, 2.75) is 25.9 Å². The maximum atomic E-state index is 6.21. The van der Waals surface area contributed by atoms with Crippen molar-refractivity contribution in [2.75, 3.05) is 44.2 Å². The molecule has 2 atom stereocenters. The Morgan fingerprint density at radius 1 is 1.37 bits per heavy atom. The smallest absolute Gasteiger partial charge is 0.203 e. The standard InChI is InChI=1S/C17H26N8O.HI/c1-13-10-24(7-8-26-13)17(18)20-9-14-3-2-5-23(11-14)15-16-22-21-12-25(16)6-4-19-15;/h4,6,12-14H,2-3,5,7-11H2,1H3,(H2,18,20);1H.